The zero-order valence-electron chi connectivity index (χ0n) is 10.2. The maximum Gasteiger partial charge on any atom is 0.138 e. The van der Waals surface area contributed by atoms with Crippen LogP contribution in [0, 0.1) is 0 Å². The summed E-state index contributed by atoms with van der Waals surface area (Å²) in [5.74, 6) is 0.665. The molecular formula is C15H16ClNO. The summed E-state index contributed by atoms with van der Waals surface area (Å²) < 4.78 is 5.80. The Morgan fingerprint density at radius 1 is 1.00 bits per heavy atom. The summed E-state index contributed by atoms with van der Waals surface area (Å²) >= 11 is 6.05. The molecule has 18 heavy (non-hydrogen) atoms. The van der Waals surface area contributed by atoms with Gasteiger partial charge in [-0.1, -0.05) is 54.1 Å². The van der Waals surface area contributed by atoms with Crippen molar-refractivity contribution < 1.29 is 4.74 Å². The molecule has 2 aromatic carbocycles. The molecule has 0 saturated carbocycles. The van der Waals surface area contributed by atoms with Crippen molar-refractivity contribution >= 4 is 11.6 Å². The molecule has 0 bridgehead atoms. The molecule has 2 nitrogen and oxygen atoms in total. The Hall–Kier alpha value is -1.51. The largest absolute Gasteiger partial charge is 0.487 e. The van der Waals surface area contributed by atoms with Crippen molar-refractivity contribution in [3.8, 4) is 5.75 Å². The predicted molar refractivity (Wildman–Crippen MR) is 74.9 cm³/mol. The van der Waals surface area contributed by atoms with Gasteiger partial charge in [0.2, 0.25) is 0 Å². The van der Waals surface area contributed by atoms with E-state index in [0.29, 0.717) is 10.8 Å². The van der Waals surface area contributed by atoms with Crippen molar-refractivity contribution in [2.45, 2.75) is 19.1 Å². The van der Waals surface area contributed by atoms with Crippen LogP contribution < -0.4 is 10.5 Å². The molecule has 3 heteroatoms. The fourth-order valence-corrected chi connectivity index (χ4v) is 1.94. The SMILES string of the molecule is CC(Oc1ccccc1Cl)C(N)c1ccccc1. The summed E-state index contributed by atoms with van der Waals surface area (Å²) in [6, 6.07) is 17.1. The van der Waals surface area contributed by atoms with Crippen molar-refractivity contribution in [3.05, 3.63) is 65.2 Å². The zero-order valence-corrected chi connectivity index (χ0v) is 11.0. The van der Waals surface area contributed by atoms with E-state index in [1.807, 2.05) is 55.5 Å². The Kier molecular flexibility index (Phi) is 4.24. The number of hydrogen-bond donors (Lipinski definition) is 1. The number of para-hydroxylation sites is 1. The number of nitrogens with two attached hydrogens (primary N) is 1. The van der Waals surface area contributed by atoms with Crippen molar-refractivity contribution in [1.82, 2.24) is 0 Å². The van der Waals surface area contributed by atoms with E-state index in [-0.39, 0.29) is 12.1 Å². The van der Waals surface area contributed by atoms with Gasteiger partial charge >= 0.3 is 0 Å². The molecule has 94 valence electrons. The van der Waals surface area contributed by atoms with E-state index in [9.17, 15) is 0 Å². The summed E-state index contributed by atoms with van der Waals surface area (Å²) in [6.45, 7) is 1.95. The number of rotatable bonds is 4. The van der Waals surface area contributed by atoms with E-state index in [1.165, 1.54) is 0 Å². The average Bonchev–Trinajstić information content (AvgIpc) is 2.41. The first-order chi connectivity index (χ1) is 8.68. The highest BCUT2D eigenvalue weighted by Crippen LogP contribution is 2.26. The van der Waals surface area contributed by atoms with E-state index in [0.717, 1.165) is 5.56 Å². The number of ether oxygens (including phenoxy) is 1. The Bertz CT molecular complexity index is 501. The van der Waals surface area contributed by atoms with Crippen molar-refractivity contribution in [2.24, 2.45) is 5.73 Å². The maximum absolute atomic E-state index is 6.17. The highest BCUT2D eigenvalue weighted by molar-refractivity contribution is 6.32. The zero-order chi connectivity index (χ0) is 13.0. The van der Waals surface area contributed by atoms with E-state index >= 15 is 0 Å². The number of halogens is 1. The third kappa shape index (κ3) is 3.03. The van der Waals surface area contributed by atoms with Crippen LogP contribution in [0.5, 0.6) is 5.75 Å². The summed E-state index contributed by atoms with van der Waals surface area (Å²) in [5.41, 5.74) is 7.22. The molecule has 0 fully saturated rings. The van der Waals surface area contributed by atoms with Gasteiger partial charge in [0, 0.05) is 0 Å². The average molecular weight is 262 g/mol. The minimum absolute atomic E-state index is 0.146. The third-order valence-electron chi connectivity index (χ3n) is 2.84. The second-order valence-corrected chi connectivity index (χ2v) is 4.60. The van der Waals surface area contributed by atoms with Gasteiger partial charge in [-0.15, -0.1) is 0 Å². The Morgan fingerprint density at radius 2 is 1.61 bits per heavy atom. The molecule has 2 unspecified atom stereocenters. The van der Waals surface area contributed by atoms with Gasteiger partial charge in [-0.05, 0) is 24.6 Å². The molecule has 2 rings (SSSR count). The van der Waals surface area contributed by atoms with Crippen LogP contribution in [0.2, 0.25) is 5.02 Å². The van der Waals surface area contributed by atoms with Crippen molar-refractivity contribution in [3.63, 3.8) is 0 Å². The summed E-state index contributed by atoms with van der Waals surface area (Å²) in [7, 11) is 0. The van der Waals surface area contributed by atoms with Crippen LogP contribution in [0.4, 0.5) is 0 Å². The van der Waals surface area contributed by atoms with Crippen LogP contribution in [-0.2, 0) is 0 Å². The summed E-state index contributed by atoms with van der Waals surface area (Å²) in [4.78, 5) is 0. The monoisotopic (exact) mass is 261 g/mol. The van der Waals surface area contributed by atoms with Crippen LogP contribution in [0.1, 0.15) is 18.5 Å². The first-order valence-corrected chi connectivity index (χ1v) is 6.28. The Labute approximate surface area is 112 Å². The highest BCUT2D eigenvalue weighted by Gasteiger charge is 2.17. The van der Waals surface area contributed by atoms with Gasteiger partial charge in [-0.25, -0.2) is 0 Å². The van der Waals surface area contributed by atoms with Crippen LogP contribution in [0.3, 0.4) is 0 Å². The second-order valence-electron chi connectivity index (χ2n) is 4.19. The van der Waals surface area contributed by atoms with Crippen LogP contribution in [0.25, 0.3) is 0 Å². The van der Waals surface area contributed by atoms with E-state index in [4.69, 9.17) is 22.1 Å². The lowest BCUT2D eigenvalue weighted by molar-refractivity contribution is 0.190. The fraction of sp³-hybridized carbons (Fsp3) is 0.200. The molecule has 0 spiro atoms. The van der Waals surface area contributed by atoms with Gasteiger partial charge < -0.3 is 10.5 Å². The molecular weight excluding hydrogens is 246 g/mol. The first-order valence-electron chi connectivity index (χ1n) is 5.90. The standard InChI is InChI=1S/C15H16ClNO/c1-11(15(17)12-7-3-2-4-8-12)18-14-10-6-5-9-13(14)16/h2-11,15H,17H2,1H3. The summed E-state index contributed by atoms with van der Waals surface area (Å²) in [6.07, 6.45) is -0.146. The molecule has 0 aliphatic carbocycles. The highest BCUT2D eigenvalue weighted by atomic mass is 35.5. The quantitative estimate of drug-likeness (QED) is 0.908. The lowest BCUT2D eigenvalue weighted by Gasteiger charge is -2.22. The maximum atomic E-state index is 6.17. The van der Waals surface area contributed by atoms with E-state index < -0.39 is 0 Å². The Balaban J connectivity index is 2.09. The lowest BCUT2D eigenvalue weighted by atomic mass is 10.0. The van der Waals surface area contributed by atoms with Gasteiger partial charge in [0.1, 0.15) is 11.9 Å². The summed E-state index contributed by atoms with van der Waals surface area (Å²) in [5, 5.41) is 0.601. The van der Waals surface area contributed by atoms with Crippen molar-refractivity contribution in [1.29, 1.82) is 0 Å². The van der Waals surface area contributed by atoms with Crippen LogP contribution >= 0.6 is 11.6 Å². The molecule has 0 amide bonds. The van der Waals surface area contributed by atoms with Crippen LogP contribution in [-0.4, -0.2) is 6.10 Å². The van der Waals surface area contributed by atoms with Gasteiger partial charge in [0.15, 0.2) is 0 Å². The number of benzene rings is 2. The minimum atomic E-state index is -0.178. The topological polar surface area (TPSA) is 35.2 Å². The molecule has 0 aromatic heterocycles. The smallest absolute Gasteiger partial charge is 0.138 e. The molecule has 0 aliphatic rings. The minimum Gasteiger partial charge on any atom is -0.487 e. The Morgan fingerprint density at radius 3 is 2.28 bits per heavy atom. The van der Waals surface area contributed by atoms with Crippen molar-refractivity contribution in [2.75, 3.05) is 0 Å². The van der Waals surface area contributed by atoms with Gasteiger partial charge in [0.25, 0.3) is 0 Å². The van der Waals surface area contributed by atoms with E-state index in [1.54, 1.807) is 6.07 Å². The molecule has 2 N–H and O–H groups in total. The molecule has 0 saturated heterocycles. The normalized spacial score (nSPS) is 13.9. The molecule has 0 aliphatic heterocycles. The predicted octanol–water partition coefficient (Wildman–Crippen LogP) is 3.81. The van der Waals surface area contributed by atoms with Crippen LogP contribution in [0.15, 0.2) is 54.6 Å². The van der Waals surface area contributed by atoms with Gasteiger partial charge in [0.05, 0.1) is 11.1 Å². The third-order valence-corrected chi connectivity index (χ3v) is 3.15. The first kappa shape index (κ1) is 12.9. The molecule has 2 aromatic rings. The van der Waals surface area contributed by atoms with Gasteiger partial charge in [-0.3, -0.25) is 0 Å². The lowest BCUT2D eigenvalue weighted by Crippen LogP contribution is -2.28. The molecule has 0 heterocycles. The second kappa shape index (κ2) is 5.89. The van der Waals surface area contributed by atoms with E-state index in [2.05, 4.69) is 0 Å². The van der Waals surface area contributed by atoms with Gasteiger partial charge in [-0.2, -0.15) is 0 Å². The fourth-order valence-electron chi connectivity index (χ4n) is 1.76. The molecule has 2 atom stereocenters. The molecule has 0 radical (unpaired) electrons. The number of hydrogen-bond acceptors (Lipinski definition) is 2.